The summed E-state index contributed by atoms with van der Waals surface area (Å²) in [5.41, 5.74) is 0. The zero-order valence-corrected chi connectivity index (χ0v) is 29.2. The number of unbranched alkanes of at least 4 members (excludes halogenated alkanes) is 19. The molecule has 0 bridgehead atoms. The topological polar surface area (TPSA) is 63.6 Å². The van der Waals surface area contributed by atoms with Crippen LogP contribution in [0.25, 0.3) is 0 Å². The van der Waals surface area contributed by atoms with Crippen LogP contribution in [0.15, 0.2) is 36.5 Å². The number of hydrogen-bond acceptors (Lipinski definition) is 3. The van der Waals surface area contributed by atoms with Crippen molar-refractivity contribution in [2.75, 3.05) is 0 Å². The van der Waals surface area contributed by atoms with Gasteiger partial charge in [-0.2, -0.15) is 0 Å². The number of carbonyl (C=O) groups is 2. The highest BCUT2D eigenvalue weighted by atomic mass is 16.5. The standard InChI is InChI=1S/C40H72O4/c1-3-5-7-8-9-10-11-12-13-14-15-16-17-18-19-24-27-30-33-37-40(43)44-38(34-6-4-2)35-31-28-25-22-20-21-23-26-29-32-36-39(41)42/h5,7,9-10,12-13,38H,3-4,6,8,11,14-37H2,1-2H3,(H,41,42)/b7-5-,10-9-,13-12-. The fourth-order valence-corrected chi connectivity index (χ4v) is 5.60. The monoisotopic (exact) mass is 617 g/mol. The summed E-state index contributed by atoms with van der Waals surface area (Å²) in [4.78, 5) is 23.0. The summed E-state index contributed by atoms with van der Waals surface area (Å²) < 4.78 is 5.91. The van der Waals surface area contributed by atoms with Crippen LogP contribution in [0.2, 0.25) is 0 Å². The van der Waals surface area contributed by atoms with Crippen molar-refractivity contribution in [1.82, 2.24) is 0 Å². The quantitative estimate of drug-likeness (QED) is 0.0444. The van der Waals surface area contributed by atoms with Gasteiger partial charge < -0.3 is 9.84 Å². The summed E-state index contributed by atoms with van der Waals surface area (Å²) in [6, 6.07) is 0. The van der Waals surface area contributed by atoms with Crippen LogP contribution in [0.3, 0.4) is 0 Å². The summed E-state index contributed by atoms with van der Waals surface area (Å²) in [7, 11) is 0. The van der Waals surface area contributed by atoms with E-state index in [9.17, 15) is 9.59 Å². The fraction of sp³-hybridized carbons (Fsp3) is 0.800. The van der Waals surface area contributed by atoms with Crippen LogP contribution >= 0.6 is 0 Å². The number of rotatable bonds is 34. The van der Waals surface area contributed by atoms with Crippen molar-refractivity contribution in [3.05, 3.63) is 36.5 Å². The van der Waals surface area contributed by atoms with E-state index in [-0.39, 0.29) is 12.1 Å². The van der Waals surface area contributed by atoms with Gasteiger partial charge in [-0.1, -0.05) is 159 Å². The molecule has 0 aliphatic carbocycles. The van der Waals surface area contributed by atoms with Crippen molar-refractivity contribution >= 4 is 11.9 Å². The van der Waals surface area contributed by atoms with Gasteiger partial charge in [0.05, 0.1) is 0 Å². The smallest absolute Gasteiger partial charge is 0.306 e. The van der Waals surface area contributed by atoms with Crippen molar-refractivity contribution in [3.63, 3.8) is 0 Å². The predicted molar refractivity (Wildman–Crippen MR) is 190 cm³/mol. The molecular formula is C40H72O4. The molecule has 0 saturated carbocycles. The summed E-state index contributed by atoms with van der Waals surface area (Å²) >= 11 is 0. The zero-order chi connectivity index (χ0) is 32.2. The summed E-state index contributed by atoms with van der Waals surface area (Å²) in [6.07, 6.45) is 46.4. The molecule has 0 radical (unpaired) electrons. The maximum Gasteiger partial charge on any atom is 0.306 e. The second-order valence-electron chi connectivity index (χ2n) is 12.7. The Balaban J connectivity index is 3.64. The molecule has 4 nitrogen and oxygen atoms in total. The lowest BCUT2D eigenvalue weighted by Crippen LogP contribution is -2.18. The number of carbonyl (C=O) groups excluding carboxylic acids is 1. The van der Waals surface area contributed by atoms with E-state index < -0.39 is 5.97 Å². The van der Waals surface area contributed by atoms with Crippen LogP contribution in [-0.4, -0.2) is 23.1 Å². The number of ether oxygens (including phenoxy) is 1. The maximum absolute atomic E-state index is 12.5. The third-order valence-corrected chi connectivity index (χ3v) is 8.38. The van der Waals surface area contributed by atoms with Crippen LogP contribution < -0.4 is 0 Å². The highest BCUT2D eigenvalue weighted by Gasteiger charge is 2.13. The molecular weight excluding hydrogens is 544 g/mol. The molecule has 0 rings (SSSR count). The summed E-state index contributed by atoms with van der Waals surface area (Å²) in [5.74, 6) is -0.659. The molecule has 0 aromatic heterocycles. The van der Waals surface area contributed by atoms with Gasteiger partial charge in [0.25, 0.3) is 0 Å². The Hall–Kier alpha value is -1.84. The van der Waals surface area contributed by atoms with Crippen LogP contribution in [-0.2, 0) is 14.3 Å². The fourth-order valence-electron chi connectivity index (χ4n) is 5.60. The molecule has 0 amide bonds. The van der Waals surface area contributed by atoms with Crippen LogP contribution in [0, 0.1) is 0 Å². The van der Waals surface area contributed by atoms with Crippen molar-refractivity contribution in [1.29, 1.82) is 0 Å². The zero-order valence-electron chi connectivity index (χ0n) is 29.2. The first kappa shape index (κ1) is 42.2. The summed E-state index contributed by atoms with van der Waals surface area (Å²) in [6.45, 7) is 4.38. The van der Waals surface area contributed by atoms with E-state index in [1.165, 1.54) is 89.9 Å². The minimum atomic E-state index is -0.677. The van der Waals surface area contributed by atoms with E-state index in [0.717, 1.165) is 83.5 Å². The molecule has 44 heavy (non-hydrogen) atoms. The number of hydrogen-bond donors (Lipinski definition) is 1. The van der Waals surface area contributed by atoms with Gasteiger partial charge in [0.1, 0.15) is 6.10 Å². The van der Waals surface area contributed by atoms with Crippen molar-refractivity contribution in [3.8, 4) is 0 Å². The number of esters is 1. The largest absolute Gasteiger partial charge is 0.481 e. The van der Waals surface area contributed by atoms with Crippen LogP contribution in [0.4, 0.5) is 0 Å². The molecule has 1 N–H and O–H groups in total. The highest BCUT2D eigenvalue weighted by Crippen LogP contribution is 2.18. The first-order chi connectivity index (χ1) is 21.6. The lowest BCUT2D eigenvalue weighted by Gasteiger charge is -2.18. The van der Waals surface area contributed by atoms with Gasteiger partial charge in [-0.05, 0) is 64.2 Å². The maximum atomic E-state index is 12.5. The highest BCUT2D eigenvalue weighted by molar-refractivity contribution is 5.69. The van der Waals surface area contributed by atoms with Gasteiger partial charge in [0.15, 0.2) is 0 Å². The van der Waals surface area contributed by atoms with Crippen LogP contribution in [0.5, 0.6) is 0 Å². The molecule has 0 fully saturated rings. The van der Waals surface area contributed by atoms with E-state index in [2.05, 4.69) is 50.3 Å². The minimum absolute atomic E-state index is 0.0173. The molecule has 0 spiro atoms. The van der Waals surface area contributed by atoms with Crippen LogP contribution in [0.1, 0.15) is 200 Å². The number of aliphatic carboxylic acids is 1. The van der Waals surface area contributed by atoms with E-state index >= 15 is 0 Å². The Morgan fingerprint density at radius 2 is 0.955 bits per heavy atom. The SMILES string of the molecule is CC/C=C\C/C=C\C/C=C\CCCCCCCCCCCC(=O)OC(CCCC)CCCCCCCCCCCCC(=O)O. The third kappa shape index (κ3) is 34.6. The average Bonchev–Trinajstić information content (AvgIpc) is 3.01. The van der Waals surface area contributed by atoms with Gasteiger partial charge in [-0.25, -0.2) is 0 Å². The Morgan fingerprint density at radius 1 is 0.523 bits per heavy atom. The van der Waals surface area contributed by atoms with Gasteiger partial charge in [0.2, 0.25) is 0 Å². The Kier molecular flexibility index (Phi) is 34.1. The Labute approximate surface area is 273 Å². The number of allylic oxidation sites excluding steroid dienone is 6. The molecule has 1 atom stereocenters. The molecule has 0 aromatic rings. The lowest BCUT2D eigenvalue weighted by atomic mass is 10.0. The van der Waals surface area contributed by atoms with E-state index in [0.29, 0.717) is 12.8 Å². The molecule has 4 heteroatoms. The van der Waals surface area contributed by atoms with Gasteiger partial charge in [-0.3, -0.25) is 9.59 Å². The van der Waals surface area contributed by atoms with Crippen molar-refractivity contribution < 1.29 is 19.4 Å². The molecule has 0 aliphatic rings. The third-order valence-electron chi connectivity index (χ3n) is 8.38. The van der Waals surface area contributed by atoms with Gasteiger partial charge >= 0.3 is 11.9 Å². The second kappa shape index (κ2) is 35.6. The molecule has 0 saturated heterocycles. The first-order valence-electron chi connectivity index (χ1n) is 19.0. The molecule has 0 heterocycles. The average molecular weight is 617 g/mol. The normalized spacial score (nSPS) is 12.6. The Bertz CT molecular complexity index is 708. The Morgan fingerprint density at radius 3 is 1.48 bits per heavy atom. The lowest BCUT2D eigenvalue weighted by molar-refractivity contribution is -0.150. The number of carboxylic acids is 1. The van der Waals surface area contributed by atoms with Gasteiger partial charge in [-0.15, -0.1) is 0 Å². The first-order valence-corrected chi connectivity index (χ1v) is 19.0. The van der Waals surface area contributed by atoms with Crippen molar-refractivity contribution in [2.24, 2.45) is 0 Å². The second-order valence-corrected chi connectivity index (χ2v) is 12.7. The van der Waals surface area contributed by atoms with E-state index in [4.69, 9.17) is 9.84 Å². The molecule has 0 aromatic carbocycles. The molecule has 1 unspecified atom stereocenters. The van der Waals surface area contributed by atoms with E-state index in [1.807, 2.05) is 0 Å². The van der Waals surface area contributed by atoms with Crippen molar-refractivity contribution in [2.45, 2.75) is 206 Å². The molecule has 0 aliphatic heterocycles. The minimum Gasteiger partial charge on any atom is -0.481 e. The number of carboxylic acid groups (broad SMARTS) is 1. The molecule has 256 valence electrons. The van der Waals surface area contributed by atoms with E-state index in [1.54, 1.807) is 0 Å². The summed E-state index contributed by atoms with van der Waals surface area (Å²) in [5, 5.41) is 8.68. The van der Waals surface area contributed by atoms with Gasteiger partial charge in [0, 0.05) is 12.8 Å². The predicted octanol–water partition coefficient (Wildman–Crippen LogP) is 13.0.